The summed E-state index contributed by atoms with van der Waals surface area (Å²) in [7, 11) is 0. The van der Waals surface area contributed by atoms with Gasteiger partial charge in [0, 0.05) is 25.1 Å². The molecule has 2 unspecified atom stereocenters. The molecule has 1 fully saturated rings. The van der Waals surface area contributed by atoms with Crippen molar-refractivity contribution in [1.29, 1.82) is 0 Å². The monoisotopic (exact) mass is 332 g/mol. The van der Waals surface area contributed by atoms with Gasteiger partial charge in [-0.25, -0.2) is 4.79 Å². The fourth-order valence-corrected chi connectivity index (χ4v) is 2.76. The quantitative estimate of drug-likeness (QED) is 0.800. The number of nitrogens with zero attached hydrogens (tertiary/aromatic N) is 1. The first-order valence-electron chi connectivity index (χ1n) is 8.32. The maximum atomic E-state index is 12.2. The highest BCUT2D eigenvalue weighted by Gasteiger charge is 2.26. The molecule has 0 aromatic heterocycles. The van der Waals surface area contributed by atoms with Gasteiger partial charge in [0.2, 0.25) is 5.91 Å². The number of carbonyl (C=O) groups is 3. The van der Waals surface area contributed by atoms with Crippen LogP contribution >= 0.6 is 0 Å². The van der Waals surface area contributed by atoms with E-state index in [0.29, 0.717) is 24.9 Å². The molecule has 1 aliphatic rings. The highest BCUT2D eigenvalue weighted by Crippen LogP contribution is 2.15. The normalized spacial score (nSPS) is 16.8. The Balaban J connectivity index is 2.00. The number of carboxylic acids is 1. The zero-order chi connectivity index (χ0) is 17.7. The highest BCUT2D eigenvalue weighted by atomic mass is 16.4. The third-order valence-electron chi connectivity index (χ3n) is 4.53. The van der Waals surface area contributed by atoms with E-state index in [2.05, 4.69) is 5.32 Å². The van der Waals surface area contributed by atoms with Crippen LogP contribution in [0.25, 0.3) is 0 Å². The molecule has 0 radical (unpaired) electrons. The van der Waals surface area contributed by atoms with Gasteiger partial charge in [-0.3, -0.25) is 9.59 Å². The van der Waals surface area contributed by atoms with Crippen molar-refractivity contribution in [2.24, 2.45) is 5.92 Å². The lowest BCUT2D eigenvalue weighted by molar-refractivity contribution is -0.140. The Hall–Kier alpha value is -2.37. The van der Waals surface area contributed by atoms with Gasteiger partial charge < -0.3 is 15.3 Å². The van der Waals surface area contributed by atoms with Crippen LogP contribution in [0.3, 0.4) is 0 Å². The summed E-state index contributed by atoms with van der Waals surface area (Å²) >= 11 is 0. The summed E-state index contributed by atoms with van der Waals surface area (Å²) < 4.78 is 0. The Bertz CT molecular complexity index is 612. The van der Waals surface area contributed by atoms with Crippen LogP contribution in [-0.4, -0.2) is 40.4 Å². The number of benzene rings is 1. The lowest BCUT2D eigenvalue weighted by Crippen LogP contribution is -2.45. The number of aliphatic carboxylic acids is 1. The number of carboxylic acid groups (broad SMARTS) is 1. The van der Waals surface area contributed by atoms with Crippen LogP contribution in [0.15, 0.2) is 24.3 Å². The lowest BCUT2D eigenvalue weighted by Gasteiger charge is -2.20. The zero-order valence-corrected chi connectivity index (χ0v) is 14.1. The predicted octanol–water partition coefficient (Wildman–Crippen LogP) is 2.04. The van der Waals surface area contributed by atoms with Crippen LogP contribution in [0.5, 0.6) is 0 Å². The first-order chi connectivity index (χ1) is 11.4. The molecule has 0 saturated carbocycles. The van der Waals surface area contributed by atoms with Gasteiger partial charge in [-0.1, -0.05) is 32.4 Å². The van der Waals surface area contributed by atoms with E-state index in [9.17, 15) is 19.5 Å². The van der Waals surface area contributed by atoms with E-state index >= 15 is 0 Å². The molecular formula is C18H24N2O4. The van der Waals surface area contributed by atoms with Gasteiger partial charge in [0.1, 0.15) is 6.04 Å². The molecule has 2 amide bonds. The summed E-state index contributed by atoms with van der Waals surface area (Å²) in [4.78, 5) is 37.0. The minimum absolute atomic E-state index is 0.146. The average molecular weight is 332 g/mol. The SMILES string of the molecule is CCC(C)C(NC(=O)c1ccc(CN2CCCC2=O)cc1)C(=O)O. The standard InChI is InChI=1S/C18H24N2O4/c1-3-12(2)16(18(23)24)19-17(22)14-8-6-13(7-9-14)11-20-10-4-5-15(20)21/h6-9,12,16H,3-5,10-11H2,1-2H3,(H,19,22)(H,23,24). The molecule has 6 heteroatoms. The lowest BCUT2D eigenvalue weighted by atomic mass is 9.99. The van der Waals surface area contributed by atoms with Crippen molar-refractivity contribution < 1.29 is 19.5 Å². The van der Waals surface area contributed by atoms with Crippen molar-refractivity contribution in [2.75, 3.05) is 6.54 Å². The molecule has 1 saturated heterocycles. The van der Waals surface area contributed by atoms with Gasteiger partial charge in [0.25, 0.3) is 5.91 Å². The number of nitrogens with one attached hydrogen (secondary N) is 1. The van der Waals surface area contributed by atoms with E-state index in [4.69, 9.17) is 0 Å². The molecule has 1 aromatic rings. The number of hydrogen-bond acceptors (Lipinski definition) is 3. The largest absolute Gasteiger partial charge is 0.480 e. The molecule has 130 valence electrons. The maximum absolute atomic E-state index is 12.2. The summed E-state index contributed by atoms with van der Waals surface area (Å²) in [6.45, 7) is 5.01. The molecule has 2 atom stereocenters. The Morgan fingerprint density at radius 1 is 1.29 bits per heavy atom. The molecule has 1 heterocycles. The average Bonchev–Trinajstić information content (AvgIpc) is 2.97. The van der Waals surface area contributed by atoms with Gasteiger partial charge in [-0.05, 0) is 30.0 Å². The molecule has 0 bridgehead atoms. The topological polar surface area (TPSA) is 86.7 Å². The van der Waals surface area contributed by atoms with Gasteiger partial charge in [-0.2, -0.15) is 0 Å². The molecule has 0 spiro atoms. The number of amides is 2. The first kappa shape index (κ1) is 18.0. The number of hydrogen-bond donors (Lipinski definition) is 2. The molecule has 1 aromatic carbocycles. The Labute approximate surface area is 141 Å². The second-order valence-corrected chi connectivity index (χ2v) is 6.29. The van der Waals surface area contributed by atoms with Crippen molar-refractivity contribution >= 4 is 17.8 Å². The van der Waals surface area contributed by atoms with Crippen LogP contribution in [-0.2, 0) is 16.1 Å². The van der Waals surface area contributed by atoms with Gasteiger partial charge >= 0.3 is 5.97 Å². The molecular weight excluding hydrogens is 308 g/mol. The van der Waals surface area contributed by atoms with Crippen molar-refractivity contribution in [2.45, 2.75) is 45.7 Å². The maximum Gasteiger partial charge on any atom is 0.326 e. The number of likely N-dealkylation sites (tertiary alicyclic amines) is 1. The molecule has 2 N–H and O–H groups in total. The zero-order valence-electron chi connectivity index (χ0n) is 14.1. The summed E-state index contributed by atoms with van der Waals surface area (Å²) in [5.74, 6) is -1.41. The second-order valence-electron chi connectivity index (χ2n) is 6.29. The van der Waals surface area contributed by atoms with Crippen LogP contribution < -0.4 is 5.32 Å². The summed E-state index contributed by atoms with van der Waals surface area (Å²) in [6, 6.07) is 6.05. The van der Waals surface area contributed by atoms with E-state index < -0.39 is 17.9 Å². The smallest absolute Gasteiger partial charge is 0.326 e. The summed E-state index contributed by atoms with van der Waals surface area (Å²) in [6.07, 6.45) is 2.16. The minimum atomic E-state index is -1.03. The summed E-state index contributed by atoms with van der Waals surface area (Å²) in [5, 5.41) is 11.8. The van der Waals surface area contributed by atoms with Crippen molar-refractivity contribution in [1.82, 2.24) is 10.2 Å². The third kappa shape index (κ3) is 4.34. The van der Waals surface area contributed by atoms with E-state index in [1.54, 1.807) is 36.1 Å². The van der Waals surface area contributed by atoms with E-state index in [-0.39, 0.29) is 11.8 Å². The van der Waals surface area contributed by atoms with Gasteiger partial charge in [-0.15, -0.1) is 0 Å². The fraction of sp³-hybridized carbons (Fsp3) is 0.500. The van der Waals surface area contributed by atoms with Crippen molar-refractivity contribution in [3.8, 4) is 0 Å². The van der Waals surface area contributed by atoms with Crippen LogP contribution in [0.2, 0.25) is 0 Å². The number of carbonyl (C=O) groups excluding carboxylic acids is 2. The minimum Gasteiger partial charge on any atom is -0.480 e. The Morgan fingerprint density at radius 2 is 1.96 bits per heavy atom. The van der Waals surface area contributed by atoms with Gasteiger partial charge in [0.15, 0.2) is 0 Å². The van der Waals surface area contributed by atoms with E-state index in [0.717, 1.165) is 18.5 Å². The van der Waals surface area contributed by atoms with Crippen LogP contribution in [0, 0.1) is 5.92 Å². The highest BCUT2D eigenvalue weighted by molar-refractivity contribution is 5.96. The van der Waals surface area contributed by atoms with E-state index in [1.807, 2.05) is 6.92 Å². The van der Waals surface area contributed by atoms with Crippen LogP contribution in [0.1, 0.15) is 49.0 Å². The molecule has 1 aliphatic heterocycles. The summed E-state index contributed by atoms with van der Waals surface area (Å²) in [5.41, 5.74) is 1.37. The van der Waals surface area contributed by atoms with Crippen molar-refractivity contribution in [3.63, 3.8) is 0 Å². The molecule has 2 rings (SSSR count). The molecule has 6 nitrogen and oxygen atoms in total. The molecule has 0 aliphatic carbocycles. The Kier molecular flexibility index (Phi) is 5.95. The second kappa shape index (κ2) is 7.95. The third-order valence-corrected chi connectivity index (χ3v) is 4.53. The Morgan fingerprint density at radius 3 is 2.46 bits per heavy atom. The van der Waals surface area contributed by atoms with Crippen molar-refractivity contribution in [3.05, 3.63) is 35.4 Å². The fourth-order valence-electron chi connectivity index (χ4n) is 2.76. The molecule has 24 heavy (non-hydrogen) atoms. The van der Waals surface area contributed by atoms with E-state index in [1.165, 1.54) is 0 Å². The first-order valence-corrected chi connectivity index (χ1v) is 8.32. The van der Waals surface area contributed by atoms with Gasteiger partial charge in [0.05, 0.1) is 0 Å². The predicted molar refractivity (Wildman–Crippen MR) is 89.4 cm³/mol. The van der Waals surface area contributed by atoms with Crippen LogP contribution in [0.4, 0.5) is 0 Å². The number of rotatable bonds is 7.